The van der Waals surface area contributed by atoms with Gasteiger partial charge in [0.05, 0.1) is 5.52 Å². The van der Waals surface area contributed by atoms with Crippen LogP contribution in [0.15, 0.2) is 35.8 Å². The highest BCUT2D eigenvalue weighted by atomic mass is 32.1. The van der Waals surface area contributed by atoms with Gasteiger partial charge in [0.2, 0.25) is 0 Å². The zero-order valence-corrected chi connectivity index (χ0v) is 11.4. The van der Waals surface area contributed by atoms with Crippen LogP contribution in [0.5, 0.6) is 0 Å². The summed E-state index contributed by atoms with van der Waals surface area (Å²) in [6.07, 6.45) is 1.65. The van der Waals surface area contributed by atoms with Crippen molar-refractivity contribution in [3.63, 3.8) is 0 Å². The Labute approximate surface area is 118 Å². The molecule has 0 saturated heterocycles. The summed E-state index contributed by atoms with van der Waals surface area (Å²) in [6, 6.07) is 7.36. The fourth-order valence-corrected chi connectivity index (χ4v) is 2.45. The molecule has 0 fully saturated rings. The first-order valence-electron chi connectivity index (χ1n) is 5.95. The van der Waals surface area contributed by atoms with Gasteiger partial charge in [-0.25, -0.2) is 14.8 Å². The zero-order valence-electron chi connectivity index (χ0n) is 10.6. The van der Waals surface area contributed by atoms with Gasteiger partial charge in [-0.3, -0.25) is 0 Å². The molecule has 0 bridgehead atoms. The lowest BCUT2D eigenvalue weighted by atomic mass is 10.1. The van der Waals surface area contributed by atoms with E-state index in [4.69, 9.17) is 0 Å². The Morgan fingerprint density at radius 2 is 2.20 bits per heavy atom. The van der Waals surface area contributed by atoms with Crippen molar-refractivity contribution in [3.05, 3.63) is 47.0 Å². The molecule has 3 rings (SSSR count). The molecule has 0 spiro atoms. The van der Waals surface area contributed by atoms with Crippen molar-refractivity contribution in [3.8, 4) is 0 Å². The third-order valence-electron chi connectivity index (χ3n) is 2.86. The fourth-order valence-electron chi connectivity index (χ4n) is 1.92. The average Bonchev–Trinajstić information content (AvgIpc) is 2.90. The Kier molecular flexibility index (Phi) is 3.08. The minimum Gasteiger partial charge on any atom is -0.478 e. The Bertz CT molecular complexity index is 784. The van der Waals surface area contributed by atoms with Gasteiger partial charge in [0.25, 0.3) is 0 Å². The van der Waals surface area contributed by atoms with E-state index in [1.165, 1.54) is 11.3 Å². The van der Waals surface area contributed by atoms with Crippen molar-refractivity contribution >= 4 is 39.2 Å². The van der Waals surface area contributed by atoms with Crippen LogP contribution in [0.4, 0.5) is 10.9 Å². The number of aromatic nitrogens is 2. The summed E-state index contributed by atoms with van der Waals surface area (Å²) in [5.74, 6) is -0.704. The maximum absolute atomic E-state index is 11.4. The number of aromatic carboxylic acids is 1. The van der Waals surface area contributed by atoms with Gasteiger partial charge < -0.3 is 10.4 Å². The lowest BCUT2D eigenvalue weighted by Crippen LogP contribution is -2.05. The molecule has 20 heavy (non-hydrogen) atoms. The second kappa shape index (κ2) is 4.90. The van der Waals surface area contributed by atoms with Crippen LogP contribution in [0.25, 0.3) is 10.9 Å². The quantitative estimate of drug-likeness (QED) is 0.771. The van der Waals surface area contributed by atoms with Crippen LogP contribution in [0, 0.1) is 6.92 Å². The number of hydrogen-bond donors (Lipinski definition) is 2. The van der Waals surface area contributed by atoms with Crippen molar-refractivity contribution in [2.24, 2.45) is 0 Å². The molecule has 0 amide bonds. The molecule has 2 aromatic heterocycles. The normalized spacial score (nSPS) is 10.7. The van der Waals surface area contributed by atoms with Crippen LogP contribution in [0.2, 0.25) is 0 Å². The molecule has 6 heteroatoms. The van der Waals surface area contributed by atoms with E-state index >= 15 is 0 Å². The van der Waals surface area contributed by atoms with Gasteiger partial charge in [0.1, 0.15) is 11.4 Å². The molecule has 3 aromatic rings. The maximum atomic E-state index is 11.4. The van der Waals surface area contributed by atoms with Gasteiger partial charge in [-0.15, -0.1) is 11.3 Å². The number of anilines is 2. The summed E-state index contributed by atoms with van der Waals surface area (Å²) in [4.78, 5) is 19.9. The number of nitrogens with zero attached hydrogens (tertiary/aromatic N) is 2. The van der Waals surface area contributed by atoms with Gasteiger partial charge in [0, 0.05) is 17.0 Å². The Balaban J connectivity index is 2.16. The first-order valence-corrected chi connectivity index (χ1v) is 6.82. The number of pyridine rings is 1. The fraction of sp³-hybridized carbons (Fsp3) is 0.0714. The molecule has 2 N–H and O–H groups in total. The molecule has 100 valence electrons. The number of aryl methyl sites for hydroxylation is 1. The second-order valence-electron chi connectivity index (χ2n) is 4.35. The first kappa shape index (κ1) is 12.6. The van der Waals surface area contributed by atoms with E-state index in [9.17, 15) is 9.90 Å². The summed E-state index contributed by atoms with van der Waals surface area (Å²) in [5.41, 5.74) is 1.97. The molecule has 5 nitrogen and oxygen atoms in total. The van der Waals surface area contributed by atoms with Gasteiger partial charge in [-0.05, 0) is 24.6 Å². The molecule has 0 saturated carbocycles. The van der Waals surface area contributed by atoms with Crippen LogP contribution in [0.3, 0.4) is 0 Å². The predicted molar refractivity (Wildman–Crippen MR) is 78.8 cm³/mol. The molecule has 0 aliphatic carbocycles. The number of hydrogen-bond acceptors (Lipinski definition) is 5. The zero-order chi connectivity index (χ0) is 14.1. The monoisotopic (exact) mass is 285 g/mol. The summed E-state index contributed by atoms with van der Waals surface area (Å²) in [7, 11) is 0. The van der Waals surface area contributed by atoms with E-state index in [1.54, 1.807) is 12.3 Å². The summed E-state index contributed by atoms with van der Waals surface area (Å²) < 4.78 is 0. The molecule has 1 aromatic carbocycles. The number of nitrogens with one attached hydrogen (secondary N) is 1. The number of carboxylic acid groups (broad SMARTS) is 1. The highest BCUT2D eigenvalue weighted by Crippen LogP contribution is 2.25. The van der Waals surface area contributed by atoms with Crippen molar-refractivity contribution < 1.29 is 9.90 Å². The van der Waals surface area contributed by atoms with E-state index in [1.807, 2.05) is 30.5 Å². The summed E-state index contributed by atoms with van der Waals surface area (Å²) >= 11 is 1.39. The Morgan fingerprint density at radius 1 is 1.35 bits per heavy atom. The highest BCUT2D eigenvalue weighted by Gasteiger charge is 2.14. The van der Waals surface area contributed by atoms with Crippen LogP contribution in [-0.4, -0.2) is 21.0 Å². The number of fused-ring (bicyclic) bond motifs is 1. The van der Waals surface area contributed by atoms with E-state index < -0.39 is 5.97 Å². The minimum absolute atomic E-state index is 0.136. The average molecular weight is 285 g/mol. The van der Waals surface area contributed by atoms with Crippen molar-refractivity contribution in [2.45, 2.75) is 6.92 Å². The number of thiazole rings is 1. The van der Waals surface area contributed by atoms with Crippen LogP contribution in [0.1, 0.15) is 15.9 Å². The molecule has 0 atom stereocenters. The summed E-state index contributed by atoms with van der Waals surface area (Å²) in [6.45, 7) is 1.97. The Hall–Kier alpha value is -2.47. The predicted octanol–water partition coefficient (Wildman–Crippen LogP) is 3.44. The smallest absolute Gasteiger partial charge is 0.339 e. The van der Waals surface area contributed by atoms with Gasteiger partial charge >= 0.3 is 5.97 Å². The third-order valence-corrected chi connectivity index (χ3v) is 3.55. The van der Waals surface area contributed by atoms with E-state index in [2.05, 4.69) is 15.3 Å². The van der Waals surface area contributed by atoms with Crippen LogP contribution >= 0.6 is 11.3 Å². The van der Waals surface area contributed by atoms with Crippen LogP contribution in [-0.2, 0) is 0 Å². The van der Waals surface area contributed by atoms with E-state index in [0.717, 1.165) is 16.5 Å². The Morgan fingerprint density at radius 3 is 2.90 bits per heavy atom. The molecule has 0 aliphatic heterocycles. The number of rotatable bonds is 3. The SMILES string of the molecule is Cc1ccc2cc(C(=O)O)c(Nc3nccs3)nc2c1. The van der Waals surface area contributed by atoms with Gasteiger partial charge in [-0.2, -0.15) is 0 Å². The van der Waals surface area contributed by atoms with Crippen LogP contribution < -0.4 is 5.32 Å². The third kappa shape index (κ3) is 2.33. The minimum atomic E-state index is -1.01. The first-order chi connectivity index (χ1) is 9.63. The van der Waals surface area contributed by atoms with Gasteiger partial charge in [0.15, 0.2) is 5.13 Å². The van der Waals surface area contributed by atoms with Gasteiger partial charge in [-0.1, -0.05) is 12.1 Å². The number of carbonyl (C=O) groups is 1. The molecule has 0 unspecified atom stereocenters. The molecular weight excluding hydrogens is 274 g/mol. The highest BCUT2D eigenvalue weighted by molar-refractivity contribution is 7.13. The van der Waals surface area contributed by atoms with E-state index in [-0.39, 0.29) is 5.56 Å². The molecule has 0 radical (unpaired) electrons. The van der Waals surface area contributed by atoms with Crippen molar-refractivity contribution in [1.29, 1.82) is 0 Å². The van der Waals surface area contributed by atoms with Crippen molar-refractivity contribution in [2.75, 3.05) is 5.32 Å². The molecule has 0 aliphatic rings. The topological polar surface area (TPSA) is 75.1 Å². The molecular formula is C14H11N3O2S. The second-order valence-corrected chi connectivity index (χ2v) is 5.24. The lowest BCUT2D eigenvalue weighted by Gasteiger charge is -2.08. The summed E-state index contributed by atoms with van der Waals surface area (Å²) in [5, 5.41) is 15.5. The van der Waals surface area contributed by atoms with E-state index in [0.29, 0.717) is 10.9 Å². The van der Waals surface area contributed by atoms with Crippen molar-refractivity contribution in [1.82, 2.24) is 9.97 Å². The number of benzene rings is 1. The standard InChI is InChI=1S/C14H11N3O2S/c1-8-2-3-9-7-10(13(18)19)12(16-11(9)6-8)17-14-15-4-5-20-14/h2-7H,1H3,(H,18,19)(H,15,16,17). The number of carboxylic acids is 1. The lowest BCUT2D eigenvalue weighted by molar-refractivity contribution is 0.0698. The molecule has 2 heterocycles. The maximum Gasteiger partial charge on any atom is 0.339 e. The largest absolute Gasteiger partial charge is 0.478 e.